The Hall–Kier alpha value is -1.66. The van der Waals surface area contributed by atoms with E-state index in [1.807, 2.05) is 19.1 Å². The summed E-state index contributed by atoms with van der Waals surface area (Å²) in [5.74, 6) is 1.79. The summed E-state index contributed by atoms with van der Waals surface area (Å²) in [5, 5.41) is 6.31. The van der Waals surface area contributed by atoms with E-state index in [0.717, 1.165) is 24.9 Å². The molecular weight excluding hydrogens is 332 g/mol. The number of rotatable bonds is 6. The quantitative estimate of drug-likeness (QED) is 0.815. The third-order valence-electron chi connectivity index (χ3n) is 4.32. The summed E-state index contributed by atoms with van der Waals surface area (Å²) in [5.41, 5.74) is 0.555. The van der Waals surface area contributed by atoms with Gasteiger partial charge >= 0.3 is 0 Å². The van der Waals surface area contributed by atoms with Crippen LogP contribution in [0.3, 0.4) is 0 Å². The molecule has 1 saturated heterocycles. The first kappa shape index (κ1) is 20.4. The van der Waals surface area contributed by atoms with E-state index in [0.29, 0.717) is 30.3 Å². The van der Waals surface area contributed by atoms with Gasteiger partial charge in [0.2, 0.25) is 11.7 Å². The second-order valence-corrected chi connectivity index (χ2v) is 6.06. The van der Waals surface area contributed by atoms with Crippen LogP contribution in [0.5, 0.6) is 17.2 Å². The van der Waals surface area contributed by atoms with Crippen LogP contribution in [0.1, 0.15) is 25.3 Å². The van der Waals surface area contributed by atoms with E-state index in [4.69, 9.17) is 14.2 Å². The van der Waals surface area contributed by atoms with Gasteiger partial charge in [0, 0.05) is 13.1 Å². The summed E-state index contributed by atoms with van der Waals surface area (Å²) in [4.78, 5) is 12.5. The van der Waals surface area contributed by atoms with E-state index >= 15 is 0 Å². The van der Waals surface area contributed by atoms with E-state index in [1.54, 1.807) is 21.3 Å². The van der Waals surface area contributed by atoms with Crippen LogP contribution < -0.4 is 24.8 Å². The smallest absolute Gasteiger partial charge is 0.227 e. The van der Waals surface area contributed by atoms with Gasteiger partial charge in [0.15, 0.2) is 11.5 Å². The van der Waals surface area contributed by atoms with Crippen LogP contribution in [-0.4, -0.2) is 40.3 Å². The molecule has 0 spiro atoms. The van der Waals surface area contributed by atoms with Gasteiger partial charge in [-0.25, -0.2) is 0 Å². The highest BCUT2D eigenvalue weighted by Crippen LogP contribution is 2.38. The summed E-state index contributed by atoms with van der Waals surface area (Å²) in [7, 11) is 4.72. The molecule has 1 fully saturated rings. The summed E-state index contributed by atoms with van der Waals surface area (Å²) >= 11 is 0. The van der Waals surface area contributed by atoms with Crippen LogP contribution in [0.25, 0.3) is 0 Å². The van der Waals surface area contributed by atoms with Crippen molar-refractivity contribution in [3.8, 4) is 17.2 Å². The van der Waals surface area contributed by atoms with Gasteiger partial charge in [-0.3, -0.25) is 4.79 Å². The molecule has 2 rings (SSSR count). The number of carbonyl (C=O) groups is 1. The largest absolute Gasteiger partial charge is 0.493 e. The van der Waals surface area contributed by atoms with Gasteiger partial charge in [0.1, 0.15) is 0 Å². The molecule has 7 heteroatoms. The van der Waals surface area contributed by atoms with Crippen molar-refractivity contribution in [2.24, 2.45) is 5.41 Å². The van der Waals surface area contributed by atoms with Crippen molar-refractivity contribution >= 4 is 18.3 Å². The topological polar surface area (TPSA) is 68.8 Å². The van der Waals surface area contributed by atoms with Crippen molar-refractivity contribution in [1.29, 1.82) is 0 Å². The minimum atomic E-state index is -0.348. The standard InChI is InChI=1S/C17H26N2O4.ClH/c1-17(6-5-7-18-11-17)16(20)19-10-12-8-13(21-2)15(23-4)14(9-12)22-3;/h8-9,18H,5-7,10-11H2,1-4H3,(H,19,20);1H. The summed E-state index contributed by atoms with van der Waals surface area (Å²) < 4.78 is 16.0. The minimum absolute atomic E-state index is 0. The van der Waals surface area contributed by atoms with Crippen molar-refractivity contribution < 1.29 is 19.0 Å². The van der Waals surface area contributed by atoms with Crippen LogP contribution >= 0.6 is 12.4 Å². The van der Waals surface area contributed by atoms with Crippen molar-refractivity contribution in [3.05, 3.63) is 17.7 Å². The number of halogens is 1. The van der Waals surface area contributed by atoms with Gasteiger partial charge in [-0.15, -0.1) is 12.4 Å². The van der Waals surface area contributed by atoms with E-state index in [9.17, 15) is 4.79 Å². The summed E-state index contributed by atoms with van der Waals surface area (Å²) in [6.07, 6.45) is 1.93. The number of benzene rings is 1. The van der Waals surface area contributed by atoms with Gasteiger partial charge < -0.3 is 24.8 Å². The lowest BCUT2D eigenvalue weighted by Gasteiger charge is -2.32. The number of methoxy groups -OCH3 is 3. The molecule has 1 aliphatic heterocycles. The highest BCUT2D eigenvalue weighted by molar-refractivity contribution is 5.85. The molecule has 136 valence electrons. The molecule has 0 aromatic heterocycles. The molecule has 0 aliphatic carbocycles. The first-order valence-electron chi connectivity index (χ1n) is 7.82. The predicted octanol–water partition coefficient (Wildman–Crippen LogP) is 2.14. The number of ether oxygens (including phenoxy) is 3. The third kappa shape index (κ3) is 4.45. The molecular formula is C17H27ClN2O4. The van der Waals surface area contributed by atoms with Gasteiger partial charge in [0.05, 0.1) is 26.7 Å². The Morgan fingerprint density at radius 3 is 2.29 bits per heavy atom. The number of hydrogen-bond acceptors (Lipinski definition) is 5. The first-order chi connectivity index (χ1) is 11.0. The zero-order valence-electron chi connectivity index (χ0n) is 14.7. The molecule has 1 heterocycles. The molecule has 1 atom stereocenters. The Balaban J connectivity index is 0.00000288. The lowest BCUT2D eigenvalue weighted by Crippen LogP contribution is -2.48. The molecule has 1 aliphatic rings. The van der Waals surface area contributed by atoms with Crippen LogP contribution in [0.15, 0.2) is 12.1 Å². The molecule has 1 amide bonds. The number of nitrogens with one attached hydrogen (secondary N) is 2. The molecule has 2 N–H and O–H groups in total. The number of hydrogen-bond donors (Lipinski definition) is 2. The second-order valence-electron chi connectivity index (χ2n) is 6.06. The molecule has 0 bridgehead atoms. The SMILES string of the molecule is COc1cc(CNC(=O)C2(C)CCCNC2)cc(OC)c1OC.Cl. The minimum Gasteiger partial charge on any atom is -0.493 e. The Morgan fingerprint density at radius 2 is 1.83 bits per heavy atom. The van der Waals surface area contributed by atoms with E-state index in [-0.39, 0.29) is 23.7 Å². The van der Waals surface area contributed by atoms with Crippen molar-refractivity contribution in [3.63, 3.8) is 0 Å². The van der Waals surface area contributed by atoms with Crippen LogP contribution in [0, 0.1) is 5.41 Å². The van der Waals surface area contributed by atoms with Gasteiger partial charge in [-0.05, 0) is 44.0 Å². The average Bonchev–Trinajstić information content (AvgIpc) is 2.59. The monoisotopic (exact) mass is 358 g/mol. The van der Waals surface area contributed by atoms with Crippen LogP contribution in [-0.2, 0) is 11.3 Å². The fourth-order valence-corrected chi connectivity index (χ4v) is 2.88. The zero-order chi connectivity index (χ0) is 16.9. The van der Waals surface area contributed by atoms with Crippen molar-refractivity contribution in [2.75, 3.05) is 34.4 Å². The Morgan fingerprint density at radius 1 is 1.21 bits per heavy atom. The van der Waals surface area contributed by atoms with Crippen molar-refractivity contribution in [1.82, 2.24) is 10.6 Å². The Labute approximate surface area is 149 Å². The van der Waals surface area contributed by atoms with Crippen LogP contribution in [0.4, 0.5) is 0 Å². The highest BCUT2D eigenvalue weighted by atomic mass is 35.5. The van der Waals surface area contributed by atoms with Gasteiger partial charge in [-0.1, -0.05) is 0 Å². The first-order valence-corrected chi connectivity index (χ1v) is 7.82. The molecule has 6 nitrogen and oxygen atoms in total. The maximum Gasteiger partial charge on any atom is 0.227 e. The zero-order valence-corrected chi connectivity index (χ0v) is 15.5. The molecule has 1 aromatic carbocycles. The number of piperidine rings is 1. The predicted molar refractivity (Wildman–Crippen MR) is 95.4 cm³/mol. The molecule has 1 aromatic rings. The third-order valence-corrected chi connectivity index (χ3v) is 4.32. The maximum atomic E-state index is 12.5. The van der Waals surface area contributed by atoms with Crippen LogP contribution in [0.2, 0.25) is 0 Å². The maximum absolute atomic E-state index is 12.5. The fourth-order valence-electron chi connectivity index (χ4n) is 2.88. The Kier molecular flexibility index (Phi) is 7.63. The molecule has 24 heavy (non-hydrogen) atoms. The molecule has 0 saturated carbocycles. The second kappa shape index (κ2) is 8.99. The number of amides is 1. The molecule has 0 radical (unpaired) electrons. The van der Waals surface area contributed by atoms with E-state index in [1.165, 1.54) is 0 Å². The number of carbonyl (C=O) groups excluding carboxylic acids is 1. The Bertz CT molecular complexity index is 535. The average molecular weight is 359 g/mol. The van der Waals surface area contributed by atoms with Gasteiger partial charge in [0.25, 0.3) is 0 Å². The van der Waals surface area contributed by atoms with Crippen molar-refractivity contribution in [2.45, 2.75) is 26.3 Å². The normalized spacial score (nSPS) is 19.8. The lowest BCUT2D eigenvalue weighted by atomic mass is 9.82. The van der Waals surface area contributed by atoms with E-state index < -0.39 is 0 Å². The summed E-state index contributed by atoms with van der Waals surface area (Å²) in [6, 6.07) is 3.70. The van der Waals surface area contributed by atoms with Gasteiger partial charge in [-0.2, -0.15) is 0 Å². The fraction of sp³-hybridized carbons (Fsp3) is 0.588. The molecule has 1 unspecified atom stereocenters. The highest BCUT2D eigenvalue weighted by Gasteiger charge is 2.34. The lowest BCUT2D eigenvalue weighted by molar-refractivity contribution is -0.131. The summed E-state index contributed by atoms with van der Waals surface area (Å²) in [6.45, 7) is 4.12. The van der Waals surface area contributed by atoms with E-state index in [2.05, 4.69) is 10.6 Å².